The summed E-state index contributed by atoms with van der Waals surface area (Å²) in [5.41, 5.74) is 1.84. The predicted octanol–water partition coefficient (Wildman–Crippen LogP) is 1.07. The Bertz CT molecular complexity index is 918. The second-order valence-corrected chi connectivity index (χ2v) is 5.89. The number of hydrogen-bond donors (Lipinski definition) is 1. The van der Waals surface area contributed by atoms with Crippen LogP contribution in [0.2, 0.25) is 0 Å². The van der Waals surface area contributed by atoms with Crippen LogP contribution in [0.4, 0.5) is 5.82 Å². The second kappa shape index (κ2) is 6.26. The Kier molecular flexibility index (Phi) is 3.94. The molecule has 3 aromatic rings. The number of aromatic nitrogens is 5. The highest BCUT2D eigenvalue weighted by molar-refractivity contribution is 6.02. The molecule has 0 aliphatic carbocycles. The smallest absolute Gasteiger partial charge is 0.279 e. The van der Waals surface area contributed by atoms with Gasteiger partial charge in [-0.2, -0.15) is 0 Å². The van der Waals surface area contributed by atoms with Crippen LogP contribution < -0.4 is 5.32 Å². The van der Waals surface area contributed by atoms with Gasteiger partial charge in [0.15, 0.2) is 11.5 Å². The molecule has 0 unspecified atom stereocenters. The van der Waals surface area contributed by atoms with Gasteiger partial charge in [-0.05, 0) is 19.1 Å². The van der Waals surface area contributed by atoms with Crippen LogP contribution in [0.15, 0.2) is 30.6 Å². The Labute approximate surface area is 143 Å². The number of ether oxygens (including phenoxy) is 2. The highest BCUT2D eigenvalue weighted by Crippen LogP contribution is 2.21. The molecule has 25 heavy (non-hydrogen) atoms. The third-order valence-electron chi connectivity index (χ3n) is 4.39. The zero-order chi connectivity index (χ0) is 17.4. The molecule has 2 atom stereocenters. The normalized spacial score (nSPS) is 20.2. The highest BCUT2D eigenvalue weighted by Gasteiger charge is 2.31. The maximum Gasteiger partial charge on any atom is 0.279 e. The standard InChI is InChI=1S/C16H18N6O3/c1-10-15(17-14-5-3-4-6-21(10)14)18-16(23)11-7-22(20-19-11)12-8-25-9-13(12)24-2/h3-7,12-13H,8-9H2,1-2H3,(H,18,23)/t12-,13-/m1/s1. The number of nitrogens with one attached hydrogen (secondary N) is 1. The molecule has 9 nitrogen and oxygen atoms in total. The van der Waals surface area contributed by atoms with Gasteiger partial charge < -0.3 is 19.2 Å². The van der Waals surface area contributed by atoms with Gasteiger partial charge in [-0.3, -0.25) is 4.79 Å². The third-order valence-corrected chi connectivity index (χ3v) is 4.39. The Morgan fingerprint density at radius 3 is 3.08 bits per heavy atom. The van der Waals surface area contributed by atoms with Gasteiger partial charge in [0, 0.05) is 13.3 Å². The number of carbonyl (C=O) groups is 1. The zero-order valence-electron chi connectivity index (χ0n) is 13.9. The van der Waals surface area contributed by atoms with E-state index in [2.05, 4.69) is 20.6 Å². The number of methoxy groups -OCH3 is 1. The molecule has 0 saturated carbocycles. The number of fused-ring (bicyclic) bond motifs is 1. The first kappa shape index (κ1) is 15.7. The van der Waals surface area contributed by atoms with Crippen molar-refractivity contribution in [1.29, 1.82) is 0 Å². The number of anilines is 1. The van der Waals surface area contributed by atoms with E-state index in [4.69, 9.17) is 9.47 Å². The molecule has 0 spiro atoms. The lowest BCUT2D eigenvalue weighted by Crippen LogP contribution is -2.24. The van der Waals surface area contributed by atoms with E-state index >= 15 is 0 Å². The lowest BCUT2D eigenvalue weighted by atomic mass is 10.2. The van der Waals surface area contributed by atoms with Gasteiger partial charge in [0.1, 0.15) is 17.8 Å². The fraction of sp³-hybridized carbons (Fsp3) is 0.375. The van der Waals surface area contributed by atoms with E-state index in [-0.39, 0.29) is 23.7 Å². The van der Waals surface area contributed by atoms with E-state index in [1.165, 1.54) is 0 Å². The second-order valence-electron chi connectivity index (χ2n) is 5.89. The molecule has 9 heteroatoms. The van der Waals surface area contributed by atoms with E-state index in [1.807, 2.05) is 35.7 Å². The van der Waals surface area contributed by atoms with Gasteiger partial charge in [-0.15, -0.1) is 5.10 Å². The summed E-state index contributed by atoms with van der Waals surface area (Å²) in [6.45, 7) is 2.88. The van der Waals surface area contributed by atoms with Gasteiger partial charge in [0.2, 0.25) is 0 Å². The molecule has 3 aromatic heterocycles. The van der Waals surface area contributed by atoms with E-state index in [1.54, 1.807) is 18.0 Å². The van der Waals surface area contributed by atoms with Crippen molar-refractivity contribution in [2.45, 2.75) is 19.1 Å². The van der Waals surface area contributed by atoms with Crippen molar-refractivity contribution in [2.24, 2.45) is 0 Å². The SMILES string of the molecule is CO[C@@H]1COC[C@H]1n1cc(C(=O)Nc2nc3ccccn3c2C)nn1. The maximum absolute atomic E-state index is 12.5. The quantitative estimate of drug-likeness (QED) is 0.762. The molecular formula is C16H18N6O3. The molecule has 1 fully saturated rings. The fourth-order valence-corrected chi connectivity index (χ4v) is 2.95. The summed E-state index contributed by atoms with van der Waals surface area (Å²) in [5, 5.41) is 10.8. The first-order valence-corrected chi connectivity index (χ1v) is 7.95. The van der Waals surface area contributed by atoms with Gasteiger partial charge in [0.05, 0.1) is 25.1 Å². The summed E-state index contributed by atoms with van der Waals surface area (Å²) in [7, 11) is 1.63. The number of aryl methyl sites for hydroxylation is 1. The molecule has 4 heterocycles. The largest absolute Gasteiger partial charge is 0.377 e. The summed E-state index contributed by atoms with van der Waals surface area (Å²) in [6.07, 6.45) is 3.40. The van der Waals surface area contributed by atoms with Crippen molar-refractivity contribution in [3.8, 4) is 0 Å². The number of nitrogens with zero attached hydrogens (tertiary/aromatic N) is 5. The summed E-state index contributed by atoms with van der Waals surface area (Å²) < 4.78 is 14.3. The van der Waals surface area contributed by atoms with Crippen LogP contribution in [0.1, 0.15) is 22.2 Å². The molecular weight excluding hydrogens is 324 g/mol. The Morgan fingerprint density at radius 1 is 1.40 bits per heavy atom. The number of carbonyl (C=O) groups excluding carboxylic acids is 1. The van der Waals surface area contributed by atoms with Crippen molar-refractivity contribution < 1.29 is 14.3 Å². The Balaban J connectivity index is 1.54. The first-order chi connectivity index (χ1) is 12.2. The molecule has 1 amide bonds. The molecule has 0 radical (unpaired) electrons. The van der Waals surface area contributed by atoms with Crippen LogP contribution in [0, 0.1) is 6.92 Å². The van der Waals surface area contributed by atoms with Crippen LogP contribution in [0.25, 0.3) is 5.65 Å². The van der Waals surface area contributed by atoms with E-state index in [9.17, 15) is 4.79 Å². The van der Waals surface area contributed by atoms with E-state index in [0.717, 1.165) is 11.3 Å². The Hall–Kier alpha value is -2.78. The zero-order valence-corrected chi connectivity index (χ0v) is 13.9. The number of pyridine rings is 1. The topological polar surface area (TPSA) is 95.6 Å². The van der Waals surface area contributed by atoms with Gasteiger partial charge in [-0.1, -0.05) is 11.3 Å². The van der Waals surface area contributed by atoms with Crippen molar-refractivity contribution in [3.05, 3.63) is 42.0 Å². The van der Waals surface area contributed by atoms with Crippen LogP contribution in [-0.4, -0.2) is 56.7 Å². The summed E-state index contributed by atoms with van der Waals surface area (Å²) in [4.78, 5) is 16.9. The average Bonchev–Trinajstić information content (AvgIpc) is 3.34. The predicted molar refractivity (Wildman–Crippen MR) is 88.6 cm³/mol. The van der Waals surface area contributed by atoms with Gasteiger partial charge in [0.25, 0.3) is 5.91 Å². The van der Waals surface area contributed by atoms with Crippen molar-refractivity contribution in [1.82, 2.24) is 24.4 Å². The number of imidazole rings is 1. The van der Waals surface area contributed by atoms with Crippen molar-refractivity contribution in [2.75, 3.05) is 25.6 Å². The molecule has 130 valence electrons. The Morgan fingerprint density at radius 2 is 2.28 bits per heavy atom. The lowest BCUT2D eigenvalue weighted by molar-refractivity contribution is 0.0661. The van der Waals surface area contributed by atoms with Gasteiger partial charge in [-0.25, -0.2) is 9.67 Å². The van der Waals surface area contributed by atoms with Crippen LogP contribution >= 0.6 is 0 Å². The molecule has 1 aliphatic rings. The number of amides is 1. The van der Waals surface area contributed by atoms with Crippen LogP contribution in [-0.2, 0) is 9.47 Å². The third kappa shape index (κ3) is 2.77. The monoisotopic (exact) mass is 342 g/mol. The number of rotatable bonds is 4. The molecule has 0 aromatic carbocycles. The fourth-order valence-electron chi connectivity index (χ4n) is 2.95. The summed E-state index contributed by atoms with van der Waals surface area (Å²) in [5.74, 6) is 0.148. The minimum atomic E-state index is -0.356. The van der Waals surface area contributed by atoms with Crippen LogP contribution in [0.5, 0.6) is 0 Å². The average molecular weight is 342 g/mol. The summed E-state index contributed by atoms with van der Waals surface area (Å²) in [6, 6.07) is 5.60. The summed E-state index contributed by atoms with van der Waals surface area (Å²) >= 11 is 0. The molecule has 4 rings (SSSR count). The van der Waals surface area contributed by atoms with Gasteiger partial charge >= 0.3 is 0 Å². The highest BCUT2D eigenvalue weighted by atomic mass is 16.5. The first-order valence-electron chi connectivity index (χ1n) is 7.95. The lowest BCUT2D eigenvalue weighted by Gasteiger charge is -2.15. The van der Waals surface area contributed by atoms with Crippen molar-refractivity contribution >= 4 is 17.4 Å². The van der Waals surface area contributed by atoms with Crippen molar-refractivity contribution in [3.63, 3.8) is 0 Å². The number of hydrogen-bond acceptors (Lipinski definition) is 6. The minimum Gasteiger partial charge on any atom is -0.377 e. The molecule has 1 N–H and O–H groups in total. The van der Waals surface area contributed by atoms with E-state index < -0.39 is 0 Å². The van der Waals surface area contributed by atoms with Crippen LogP contribution in [0.3, 0.4) is 0 Å². The van der Waals surface area contributed by atoms with E-state index in [0.29, 0.717) is 19.0 Å². The molecule has 0 bridgehead atoms. The molecule has 1 saturated heterocycles. The molecule has 1 aliphatic heterocycles. The maximum atomic E-state index is 12.5. The minimum absolute atomic E-state index is 0.0871.